The van der Waals surface area contributed by atoms with E-state index in [1.165, 1.54) is 47.9 Å². The second-order valence-electron chi connectivity index (χ2n) is 7.92. The molecular weight excluding hydrogens is 446 g/mol. The molecule has 0 heterocycles. The van der Waals surface area contributed by atoms with E-state index < -0.39 is 0 Å². The number of ether oxygens (including phenoxy) is 1. The third kappa shape index (κ3) is 8.17. The molecule has 0 unspecified atom stereocenters. The number of unbranched alkanes of at least 4 members (excludes halogenated alkanes) is 3. The summed E-state index contributed by atoms with van der Waals surface area (Å²) in [6.45, 7) is 2.21. The van der Waals surface area contributed by atoms with Crippen LogP contribution >= 0.6 is 23.7 Å². The Morgan fingerprint density at radius 1 is 0.879 bits per heavy atom. The van der Waals surface area contributed by atoms with Crippen molar-refractivity contribution < 1.29 is 9.53 Å². The van der Waals surface area contributed by atoms with Gasteiger partial charge >= 0.3 is 0 Å². The molecule has 3 nitrogen and oxygen atoms in total. The first-order valence-electron chi connectivity index (χ1n) is 11.5. The van der Waals surface area contributed by atoms with Crippen LogP contribution in [-0.4, -0.2) is 18.8 Å². The average Bonchev–Trinajstić information content (AvgIpc) is 2.87. The Morgan fingerprint density at radius 3 is 2.39 bits per heavy atom. The fourth-order valence-corrected chi connectivity index (χ4v) is 5.17. The number of carbonyl (C=O) groups excluding carboxylic acids is 1. The lowest BCUT2D eigenvalue weighted by atomic mass is 10.0. The maximum absolute atomic E-state index is 12.3. The third-order valence-corrected chi connectivity index (χ3v) is 7.28. The van der Waals surface area contributed by atoms with E-state index in [0.29, 0.717) is 5.56 Å². The lowest BCUT2D eigenvalue weighted by molar-refractivity contribution is 0.0984. The molecule has 0 saturated carbocycles. The zero-order valence-corrected chi connectivity index (χ0v) is 21.1. The van der Waals surface area contributed by atoms with Gasteiger partial charge < -0.3 is 4.74 Å². The smallest absolute Gasteiger partial charge is 0.261 e. The van der Waals surface area contributed by atoms with Crippen LogP contribution in [0.2, 0.25) is 0 Å². The molecule has 0 fully saturated rings. The van der Waals surface area contributed by atoms with Gasteiger partial charge in [0, 0.05) is 28.4 Å². The summed E-state index contributed by atoms with van der Waals surface area (Å²) in [7, 11) is 1.73. The Morgan fingerprint density at radius 2 is 1.67 bits per heavy atom. The summed E-state index contributed by atoms with van der Waals surface area (Å²) in [5.41, 5.74) is 5.46. The Balaban J connectivity index is 1.46. The average molecular weight is 480 g/mol. The van der Waals surface area contributed by atoms with E-state index in [2.05, 4.69) is 42.0 Å². The van der Waals surface area contributed by atoms with Gasteiger partial charge in [-0.3, -0.25) is 9.52 Å². The minimum Gasteiger partial charge on any atom is -0.496 e. The number of carbonyl (C=O) groups is 1. The Kier molecular flexibility index (Phi) is 10.7. The molecule has 0 spiro atoms. The predicted molar refractivity (Wildman–Crippen MR) is 144 cm³/mol. The number of hydrogen-bond donors (Lipinski definition) is 1. The molecule has 3 rings (SSSR count). The largest absolute Gasteiger partial charge is 0.496 e. The maximum Gasteiger partial charge on any atom is 0.261 e. The van der Waals surface area contributed by atoms with Gasteiger partial charge in [-0.2, -0.15) is 11.8 Å². The van der Waals surface area contributed by atoms with Gasteiger partial charge in [0.05, 0.1) is 7.11 Å². The maximum atomic E-state index is 12.3. The number of amides is 1. The summed E-state index contributed by atoms with van der Waals surface area (Å²) in [6.07, 6.45) is 4.87. The van der Waals surface area contributed by atoms with Crippen molar-refractivity contribution in [1.29, 1.82) is 0 Å². The fraction of sp³-hybridized carbons (Fsp3) is 0.321. The zero-order valence-electron chi connectivity index (χ0n) is 19.5. The van der Waals surface area contributed by atoms with Gasteiger partial charge in [-0.05, 0) is 41.3 Å². The Hall–Kier alpha value is -2.37. The molecule has 0 aliphatic rings. The second kappa shape index (κ2) is 14.0. The molecule has 1 amide bonds. The summed E-state index contributed by atoms with van der Waals surface area (Å²) in [5.74, 6) is 3.63. The van der Waals surface area contributed by atoms with Crippen LogP contribution in [0, 0.1) is 0 Å². The van der Waals surface area contributed by atoms with Gasteiger partial charge in [0.1, 0.15) is 5.75 Å². The van der Waals surface area contributed by atoms with Crippen molar-refractivity contribution in [1.82, 2.24) is 4.72 Å². The van der Waals surface area contributed by atoms with E-state index >= 15 is 0 Å². The van der Waals surface area contributed by atoms with E-state index in [1.54, 1.807) is 7.11 Å². The van der Waals surface area contributed by atoms with Crippen LogP contribution in [0.5, 0.6) is 5.75 Å². The number of hydrogen-bond acceptors (Lipinski definition) is 4. The van der Waals surface area contributed by atoms with Gasteiger partial charge in [-0.15, -0.1) is 0 Å². The molecule has 3 aromatic rings. The lowest BCUT2D eigenvalue weighted by Crippen LogP contribution is -2.16. The van der Waals surface area contributed by atoms with E-state index in [1.807, 2.05) is 54.2 Å². The Bertz CT molecular complexity index is 991. The number of rotatable bonds is 13. The third-order valence-electron chi connectivity index (χ3n) is 5.40. The molecular formula is C28H33NO2S2. The highest BCUT2D eigenvalue weighted by atomic mass is 32.2. The molecule has 0 radical (unpaired) electrons. The summed E-state index contributed by atoms with van der Waals surface area (Å²) >= 11 is 3.35. The van der Waals surface area contributed by atoms with Gasteiger partial charge in [-0.25, -0.2) is 0 Å². The summed E-state index contributed by atoms with van der Waals surface area (Å²) in [5, 5.41) is 0. The monoisotopic (exact) mass is 479 g/mol. The van der Waals surface area contributed by atoms with Crippen LogP contribution < -0.4 is 9.46 Å². The van der Waals surface area contributed by atoms with Gasteiger partial charge in [0.25, 0.3) is 5.91 Å². The molecule has 3 aromatic carbocycles. The van der Waals surface area contributed by atoms with Gasteiger partial charge in [0.15, 0.2) is 0 Å². The minimum atomic E-state index is -0.0158. The molecule has 33 heavy (non-hydrogen) atoms. The number of methoxy groups -OCH3 is 1. The molecule has 174 valence electrons. The molecule has 0 aromatic heterocycles. The van der Waals surface area contributed by atoms with Crippen LogP contribution in [-0.2, 0) is 11.5 Å². The summed E-state index contributed by atoms with van der Waals surface area (Å²) < 4.78 is 8.60. The lowest BCUT2D eigenvalue weighted by Gasteiger charge is -2.11. The number of thioether (sulfide) groups is 1. The van der Waals surface area contributed by atoms with Crippen LogP contribution in [0.4, 0.5) is 0 Å². The van der Waals surface area contributed by atoms with Crippen LogP contribution in [0.1, 0.15) is 54.1 Å². The molecule has 0 atom stereocenters. The van der Waals surface area contributed by atoms with Crippen molar-refractivity contribution in [2.45, 2.75) is 44.1 Å². The van der Waals surface area contributed by atoms with Crippen molar-refractivity contribution in [3.63, 3.8) is 0 Å². The highest BCUT2D eigenvalue weighted by Crippen LogP contribution is 2.30. The van der Waals surface area contributed by atoms with Gasteiger partial charge in [-0.1, -0.05) is 92.7 Å². The van der Waals surface area contributed by atoms with Gasteiger partial charge in [0.2, 0.25) is 0 Å². The standard InChI is InChI=1S/C28H33NO2S2/c1-3-4-5-9-18-33-29-28(30)24-14-12-22(13-15-24)20-32-21-26-17-16-25(19-27(26)31-2)23-10-7-6-8-11-23/h6-8,10-17,19H,3-5,9,18,20-21H2,1-2H3,(H,29,30). The second-order valence-corrected chi connectivity index (χ2v) is 9.81. The summed E-state index contributed by atoms with van der Waals surface area (Å²) in [6, 6.07) is 24.7. The molecule has 0 aliphatic heterocycles. The van der Waals surface area contributed by atoms with Crippen molar-refractivity contribution >= 4 is 29.6 Å². The number of benzene rings is 3. The quantitative estimate of drug-likeness (QED) is 0.201. The fourth-order valence-electron chi connectivity index (χ4n) is 3.48. The molecule has 1 N–H and O–H groups in total. The van der Waals surface area contributed by atoms with Crippen molar-refractivity contribution in [2.24, 2.45) is 0 Å². The van der Waals surface area contributed by atoms with Crippen molar-refractivity contribution in [3.05, 3.63) is 89.5 Å². The predicted octanol–water partition coefficient (Wildman–Crippen LogP) is 7.75. The van der Waals surface area contributed by atoms with Crippen molar-refractivity contribution in [3.8, 4) is 16.9 Å². The van der Waals surface area contributed by atoms with Crippen LogP contribution in [0.15, 0.2) is 72.8 Å². The molecule has 0 aliphatic carbocycles. The minimum absolute atomic E-state index is 0.0158. The van der Waals surface area contributed by atoms with E-state index in [0.717, 1.165) is 35.0 Å². The molecule has 0 saturated heterocycles. The Labute approximate surface area is 206 Å². The first-order valence-corrected chi connectivity index (χ1v) is 13.7. The number of nitrogens with one attached hydrogen (secondary N) is 1. The summed E-state index contributed by atoms with van der Waals surface area (Å²) in [4.78, 5) is 12.3. The van der Waals surface area contributed by atoms with Crippen LogP contribution in [0.3, 0.4) is 0 Å². The molecule has 0 bridgehead atoms. The highest BCUT2D eigenvalue weighted by Gasteiger charge is 2.08. The first kappa shape index (κ1) is 25.3. The highest BCUT2D eigenvalue weighted by molar-refractivity contribution is 7.98. The molecule has 5 heteroatoms. The first-order chi connectivity index (χ1) is 16.2. The van der Waals surface area contributed by atoms with E-state index in [4.69, 9.17) is 4.74 Å². The zero-order chi connectivity index (χ0) is 23.3. The normalized spacial score (nSPS) is 10.7. The van der Waals surface area contributed by atoms with Crippen molar-refractivity contribution in [2.75, 3.05) is 12.9 Å². The van der Waals surface area contributed by atoms with E-state index in [9.17, 15) is 4.79 Å². The SMILES string of the molecule is CCCCCCSNC(=O)c1ccc(CSCc2ccc(-c3ccccc3)cc2OC)cc1. The van der Waals surface area contributed by atoms with Crippen LogP contribution in [0.25, 0.3) is 11.1 Å². The van der Waals surface area contributed by atoms with E-state index in [-0.39, 0.29) is 5.91 Å². The topological polar surface area (TPSA) is 38.3 Å².